The monoisotopic (exact) mass is 585 g/mol. The van der Waals surface area contributed by atoms with Crippen LogP contribution in [-0.2, 0) is 26.2 Å². The normalized spacial score (nSPS) is 11.9. The molecule has 0 radical (unpaired) electrons. The van der Waals surface area contributed by atoms with E-state index in [1.807, 2.05) is 38.1 Å². The third-order valence-electron chi connectivity index (χ3n) is 6.51. The second kappa shape index (κ2) is 14.2. The van der Waals surface area contributed by atoms with Crippen LogP contribution in [0.15, 0.2) is 77.7 Å². The Hall–Kier alpha value is -3.56. The third-order valence-corrected chi connectivity index (χ3v) is 8.55. The molecule has 40 heavy (non-hydrogen) atoms. The van der Waals surface area contributed by atoms with Crippen molar-refractivity contribution < 1.29 is 22.7 Å². The van der Waals surface area contributed by atoms with Gasteiger partial charge in [-0.2, -0.15) is 0 Å². The van der Waals surface area contributed by atoms with Gasteiger partial charge in [-0.05, 0) is 74.4 Å². The SMILES string of the molecule is CCCCNC(=O)[C@H](C)N(Cc1ccc(C)cc1)C(=O)CN(c1ccc(Cl)cc1)S(=O)(=O)c1ccc(OC)cc1. The van der Waals surface area contributed by atoms with Gasteiger partial charge in [0, 0.05) is 18.1 Å². The molecule has 0 aromatic heterocycles. The van der Waals surface area contributed by atoms with Crippen molar-refractivity contribution in [2.24, 2.45) is 0 Å². The van der Waals surface area contributed by atoms with Crippen molar-refractivity contribution in [1.82, 2.24) is 10.2 Å². The Balaban J connectivity index is 1.99. The quantitative estimate of drug-likeness (QED) is 0.279. The van der Waals surface area contributed by atoms with Crippen molar-refractivity contribution in [1.29, 1.82) is 0 Å². The number of benzene rings is 3. The van der Waals surface area contributed by atoms with Crippen LogP contribution in [0.25, 0.3) is 0 Å². The minimum Gasteiger partial charge on any atom is -0.497 e. The number of unbranched alkanes of at least 4 members (excludes halogenated alkanes) is 1. The summed E-state index contributed by atoms with van der Waals surface area (Å²) in [6.45, 7) is 5.75. The van der Waals surface area contributed by atoms with Gasteiger partial charge in [-0.25, -0.2) is 8.42 Å². The number of methoxy groups -OCH3 is 1. The fraction of sp³-hybridized carbons (Fsp3) is 0.333. The lowest BCUT2D eigenvalue weighted by molar-refractivity contribution is -0.139. The zero-order chi connectivity index (χ0) is 29.3. The summed E-state index contributed by atoms with van der Waals surface area (Å²) in [5.74, 6) is -0.323. The van der Waals surface area contributed by atoms with E-state index in [0.717, 1.165) is 28.3 Å². The number of nitrogens with one attached hydrogen (secondary N) is 1. The molecule has 0 saturated carbocycles. The summed E-state index contributed by atoms with van der Waals surface area (Å²) in [5.41, 5.74) is 2.15. The number of nitrogens with zero attached hydrogens (tertiary/aromatic N) is 2. The molecule has 10 heteroatoms. The lowest BCUT2D eigenvalue weighted by Gasteiger charge is -2.32. The maximum absolute atomic E-state index is 13.9. The standard InChI is InChI=1S/C30H36ClN3O5S/c1-5-6-19-32-30(36)23(3)33(20-24-9-7-22(2)8-10-24)29(35)21-34(26-13-11-25(31)12-14-26)40(37,38)28-17-15-27(39-4)16-18-28/h7-18,23H,5-6,19-21H2,1-4H3,(H,32,36)/t23-/m0/s1. The molecule has 0 bridgehead atoms. The number of carbonyl (C=O) groups is 2. The van der Waals surface area contributed by atoms with Gasteiger partial charge in [0.1, 0.15) is 18.3 Å². The number of amides is 2. The van der Waals surface area contributed by atoms with Crippen LogP contribution < -0.4 is 14.4 Å². The molecule has 214 valence electrons. The maximum atomic E-state index is 13.9. The van der Waals surface area contributed by atoms with Crippen molar-refractivity contribution in [2.75, 3.05) is 24.5 Å². The number of rotatable bonds is 13. The molecule has 3 aromatic carbocycles. The van der Waals surface area contributed by atoms with Gasteiger partial charge in [0.2, 0.25) is 11.8 Å². The van der Waals surface area contributed by atoms with Crippen LogP contribution in [0.4, 0.5) is 5.69 Å². The molecule has 0 saturated heterocycles. The minimum atomic E-state index is -4.18. The summed E-state index contributed by atoms with van der Waals surface area (Å²) >= 11 is 6.07. The molecule has 3 rings (SSSR count). The van der Waals surface area contributed by atoms with E-state index >= 15 is 0 Å². The van der Waals surface area contributed by atoms with Crippen molar-refractivity contribution in [2.45, 2.75) is 51.1 Å². The van der Waals surface area contributed by atoms with E-state index in [9.17, 15) is 18.0 Å². The molecule has 0 heterocycles. The van der Waals surface area contributed by atoms with Crippen molar-refractivity contribution in [3.05, 3.63) is 88.9 Å². The van der Waals surface area contributed by atoms with E-state index < -0.39 is 28.5 Å². The van der Waals surface area contributed by atoms with Gasteiger partial charge in [0.25, 0.3) is 10.0 Å². The Labute approximate surface area is 241 Å². The zero-order valence-corrected chi connectivity index (χ0v) is 24.8. The van der Waals surface area contributed by atoms with Gasteiger partial charge in [0.15, 0.2) is 0 Å². The molecule has 3 aromatic rings. The highest BCUT2D eigenvalue weighted by atomic mass is 35.5. The number of halogens is 1. The predicted molar refractivity (Wildman–Crippen MR) is 158 cm³/mol. The average Bonchev–Trinajstić information content (AvgIpc) is 2.95. The van der Waals surface area contributed by atoms with E-state index in [0.29, 0.717) is 17.3 Å². The second-order valence-corrected chi connectivity index (χ2v) is 11.8. The molecule has 2 amide bonds. The number of ether oxygens (including phenoxy) is 1. The van der Waals surface area contributed by atoms with Crippen LogP contribution in [0.3, 0.4) is 0 Å². The first-order chi connectivity index (χ1) is 19.1. The highest BCUT2D eigenvalue weighted by Gasteiger charge is 2.32. The Bertz CT molecular complexity index is 1380. The van der Waals surface area contributed by atoms with E-state index in [1.165, 1.54) is 24.1 Å². The first-order valence-electron chi connectivity index (χ1n) is 13.1. The Morgan fingerprint density at radius 3 is 2.17 bits per heavy atom. The summed E-state index contributed by atoms with van der Waals surface area (Å²) < 4.78 is 33.9. The first kappa shape index (κ1) is 31.0. The first-order valence-corrected chi connectivity index (χ1v) is 14.9. The lowest BCUT2D eigenvalue weighted by Crippen LogP contribution is -2.51. The number of hydrogen-bond donors (Lipinski definition) is 1. The molecule has 0 unspecified atom stereocenters. The summed E-state index contributed by atoms with van der Waals surface area (Å²) in [7, 11) is -2.69. The maximum Gasteiger partial charge on any atom is 0.264 e. The molecule has 0 aliphatic carbocycles. The van der Waals surface area contributed by atoms with Gasteiger partial charge in [0.05, 0.1) is 17.7 Å². The van der Waals surface area contributed by atoms with Crippen LogP contribution >= 0.6 is 11.6 Å². The molecule has 0 aliphatic heterocycles. The smallest absolute Gasteiger partial charge is 0.264 e. The number of anilines is 1. The average molecular weight is 586 g/mol. The molecule has 1 atom stereocenters. The van der Waals surface area contributed by atoms with Gasteiger partial charge in [-0.15, -0.1) is 0 Å². The molecule has 0 aliphatic rings. The Kier molecular flexibility index (Phi) is 11.0. The van der Waals surface area contributed by atoms with E-state index in [-0.39, 0.29) is 23.0 Å². The number of carbonyl (C=O) groups excluding carboxylic acids is 2. The van der Waals surface area contributed by atoms with Crippen molar-refractivity contribution >= 4 is 39.1 Å². The van der Waals surface area contributed by atoms with Gasteiger partial charge >= 0.3 is 0 Å². The van der Waals surface area contributed by atoms with Crippen molar-refractivity contribution in [3.8, 4) is 5.75 Å². The van der Waals surface area contributed by atoms with Gasteiger partial charge in [-0.3, -0.25) is 13.9 Å². The van der Waals surface area contributed by atoms with Crippen LogP contribution in [0.1, 0.15) is 37.8 Å². The second-order valence-electron chi connectivity index (χ2n) is 9.49. The van der Waals surface area contributed by atoms with E-state index in [4.69, 9.17) is 16.3 Å². The molecule has 0 fully saturated rings. The number of hydrogen-bond acceptors (Lipinski definition) is 5. The summed E-state index contributed by atoms with van der Waals surface area (Å²) in [5, 5.41) is 3.31. The topological polar surface area (TPSA) is 96.0 Å². The number of aryl methyl sites for hydroxylation is 1. The fourth-order valence-electron chi connectivity index (χ4n) is 4.02. The fourth-order valence-corrected chi connectivity index (χ4v) is 5.56. The molecular formula is C30H36ClN3O5S. The molecule has 1 N–H and O–H groups in total. The summed E-state index contributed by atoms with van der Waals surface area (Å²) in [6.07, 6.45) is 1.73. The van der Waals surface area contributed by atoms with Crippen LogP contribution in [-0.4, -0.2) is 51.4 Å². The van der Waals surface area contributed by atoms with E-state index in [2.05, 4.69) is 5.32 Å². The molecule has 8 nitrogen and oxygen atoms in total. The molecule has 0 spiro atoms. The van der Waals surface area contributed by atoms with Crippen LogP contribution in [0.5, 0.6) is 5.75 Å². The summed E-state index contributed by atoms with van der Waals surface area (Å²) in [4.78, 5) is 28.3. The largest absolute Gasteiger partial charge is 0.497 e. The Morgan fingerprint density at radius 1 is 0.975 bits per heavy atom. The van der Waals surface area contributed by atoms with Crippen LogP contribution in [0, 0.1) is 6.92 Å². The summed E-state index contributed by atoms with van der Waals surface area (Å²) in [6, 6.07) is 19.0. The highest BCUT2D eigenvalue weighted by Crippen LogP contribution is 2.27. The predicted octanol–water partition coefficient (Wildman–Crippen LogP) is 5.19. The van der Waals surface area contributed by atoms with Gasteiger partial charge < -0.3 is 15.0 Å². The van der Waals surface area contributed by atoms with Crippen LogP contribution in [0.2, 0.25) is 5.02 Å². The van der Waals surface area contributed by atoms with E-state index in [1.54, 1.807) is 43.3 Å². The zero-order valence-electron chi connectivity index (χ0n) is 23.3. The number of sulfonamides is 1. The van der Waals surface area contributed by atoms with Gasteiger partial charge in [-0.1, -0.05) is 54.8 Å². The lowest BCUT2D eigenvalue weighted by atomic mass is 10.1. The third kappa shape index (κ3) is 7.99. The molecular weight excluding hydrogens is 550 g/mol. The minimum absolute atomic E-state index is 0.00788. The highest BCUT2D eigenvalue weighted by molar-refractivity contribution is 7.92. The van der Waals surface area contributed by atoms with Crippen molar-refractivity contribution in [3.63, 3.8) is 0 Å². The Morgan fingerprint density at radius 2 is 1.60 bits per heavy atom.